The van der Waals surface area contributed by atoms with E-state index in [1.165, 1.54) is 35.4 Å². The van der Waals surface area contributed by atoms with Gasteiger partial charge in [0.2, 0.25) is 5.91 Å². The van der Waals surface area contributed by atoms with Gasteiger partial charge in [0.1, 0.15) is 5.82 Å². The number of nitrogens with zero attached hydrogens (tertiary/aromatic N) is 4. The van der Waals surface area contributed by atoms with E-state index in [2.05, 4.69) is 46.3 Å². The van der Waals surface area contributed by atoms with Crippen molar-refractivity contribution in [2.75, 3.05) is 37.5 Å². The molecule has 43 heavy (non-hydrogen) atoms. The molecule has 0 aliphatic heterocycles. The molecule has 0 N–H and O–H groups in total. The molecule has 3 aromatic rings. The van der Waals surface area contributed by atoms with Crippen LogP contribution < -0.4 is 9.80 Å². The van der Waals surface area contributed by atoms with Gasteiger partial charge in [0.25, 0.3) is 0 Å². The lowest BCUT2D eigenvalue weighted by Gasteiger charge is -2.36. The molecule has 6 rings (SSSR count). The number of rotatable bonds is 9. The largest absolute Gasteiger partial charge is 0.469 e. The summed E-state index contributed by atoms with van der Waals surface area (Å²) in [6.07, 6.45) is 13.8. The number of esters is 1. The van der Waals surface area contributed by atoms with Gasteiger partial charge in [-0.1, -0.05) is 18.2 Å². The number of hydrogen-bond acceptors (Lipinski definition) is 7. The quantitative estimate of drug-likeness (QED) is 0.238. The minimum atomic E-state index is -0.145. The van der Waals surface area contributed by atoms with E-state index in [-0.39, 0.29) is 23.7 Å². The molecule has 3 aliphatic rings. The number of hydrogen-bond donors (Lipinski definition) is 0. The lowest BCUT2D eigenvalue weighted by Crippen LogP contribution is -2.42. The number of carbonyl (C=O) groups excluding carboxylic acids is 2. The van der Waals surface area contributed by atoms with Gasteiger partial charge in [-0.15, -0.1) is 11.3 Å². The van der Waals surface area contributed by atoms with Crippen molar-refractivity contribution in [3.05, 3.63) is 59.4 Å². The van der Waals surface area contributed by atoms with Crippen LogP contribution >= 0.6 is 11.3 Å². The summed E-state index contributed by atoms with van der Waals surface area (Å²) in [7, 11) is 5.49. The van der Waals surface area contributed by atoms with Crippen LogP contribution in [0.1, 0.15) is 86.6 Å². The molecule has 8 heteroatoms. The Morgan fingerprint density at radius 1 is 0.860 bits per heavy atom. The summed E-state index contributed by atoms with van der Waals surface area (Å²) < 4.78 is 4.99. The van der Waals surface area contributed by atoms with Crippen LogP contribution in [0.4, 0.5) is 11.5 Å². The molecule has 228 valence electrons. The average Bonchev–Trinajstić information content (AvgIpc) is 3.79. The fourth-order valence-electron chi connectivity index (χ4n) is 6.89. The molecule has 0 saturated heterocycles. The molecule has 0 radical (unpaired) electrons. The van der Waals surface area contributed by atoms with E-state index >= 15 is 0 Å². The summed E-state index contributed by atoms with van der Waals surface area (Å²) in [5.41, 5.74) is 3.43. The molecular formula is C35H44N4O3S. The maximum absolute atomic E-state index is 14.2. The van der Waals surface area contributed by atoms with Crippen molar-refractivity contribution in [3.8, 4) is 10.4 Å². The van der Waals surface area contributed by atoms with Crippen LogP contribution in [-0.2, 0) is 14.3 Å². The topological polar surface area (TPSA) is 75.6 Å². The average molecular weight is 601 g/mol. The van der Waals surface area contributed by atoms with Gasteiger partial charge in [-0.3, -0.25) is 9.59 Å². The Labute approximate surface area is 259 Å². The van der Waals surface area contributed by atoms with E-state index in [4.69, 9.17) is 9.72 Å². The zero-order valence-corrected chi connectivity index (χ0v) is 26.5. The van der Waals surface area contributed by atoms with Crippen molar-refractivity contribution < 1.29 is 14.3 Å². The van der Waals surface area contributed by atoms with Crippen LogP contribution in [0.15, 0.2) is 48.8 Å². The van der Waals surface area contributed by atoms with Crippen LogP contribution in [0, 0.1) is 17.8 Å². The second-order valence-corrected chi connectivity index (χ2v) is 14.0. The molecule has 0 unspecified atom stereocenters. The smallest absolute Gasteiger partial charge is 0.308 e. The van der Waals surface area contributed by atoms with E-state index in [9.17, 15) is 9.59 Å². The predicted octanol–water partition coefficient (Wildman–Crippen LogP) is 7.43. The van der Waals surface area contributed by atoms with Gasteiger partial charge in [-0.05, 0) is 105 Å². The maximum Gasteiger partial charge on any atom is 0.308 e. The normalized spacial score (nSPS) is 23.9. The lowest BCUT2D eigenvalue weighted by molar-refractivity contribution is -0.147. The van der Waals surface area contributed by atoms with E-state index < -0.39 is 0 Å². The Morgan fingerprint density at radius 3 is 2.23 bits per heavy atom. The van der Waals surface area contributed by atoms with Gasteiger partial charge in [-0.25, -0.2) is 9.97 Å². The van der Waals surface area contributed by atoms with Gasteiger partial charge in [0.05, 0.1) is 22.9 Å². The Morgan fingerprint density at radius 2 is 1.58 bits per heavy atom. The first-order chi connectivity index (χ1) is 20.9. The van der Waals surface area contributed by atoms with Gasteiger partial charge in [0, 0.05) is 50.6 Å². The van der Waals surface area contributed by atoms with Crippen molar-refractivity contribution >= 4 is 34.7 Å². The number of benzene rings is 1. The number of pyridine rings is 1. The highest BCUT2D eigenvalue weighted by Gasteiger charge is 2.35. The SMILES string of the molecule is COC(=O)[C@H]1CC[C@H](C(=O)N(C[C@H]2CC[C@H](c3ccc(N(C)C)nc3)CC2)c2cccc(-c3cnc(C4CC4)s3)c2)CC1. The van der Waals surface area contributed by atoms with Crippen molar-refractivity contribution in [3.63, 3.8) is 0 Å². The molecule has 3 aliphatic carbocycles. The highest BCUT2D eigenvalue weighted by atomic mass is 32.1. The summed E-state index contributed by atoms with van der Waals surface area (Å²) in [4.78, 5) is 41.0. The number of ether oxygens (including phenoxy) is 1. The third kappa shape index (κ3) is 6.95. The molecule has 0 bridgehead atoms. The Hall–Kier alpha value is -3.26. The Bertz CT molecular complexity index is 1400. The molecule has 2 heterocycles. The zero-order valence-electron chi connectivity index (χ0n) is 25.7. The Kier molecular flexibility index (Phi) is 9.12. The minimum Gasteiger partial charge on any atom is -0.469 e. The third-order valence-electron chi connectivity index (χ3n) is 9.76. The number of carbonyl (C=O) groups is 2. The first-order valence-corrected chi connectivity index (χ1v) is 16.8. The minimum absolute atomic E-state index is 0.0629. The van der Waals surface area contributed by atoms with E-state index in [1.54, 1.807) is 11.3 Å². The summed E-state index contributed by atoms with van der Waals surface area (Å²) >= 11 is 1.79. The second kappa shape index (κ2) is 13.2. The van der Waals surface area contributed by atoms with Crippen LogP contribution in [0.2, 0.25) is 0 Å². The number of anilines is 2. The molecule has 0 atom stereocenters. The van der Waals surface area contributed by atoms with Crippen LogP contribution in [-0.4, -0.2) is 49.6 Å². The zero-order chi connectivity index (χ0) is 29.9. The number of thiazole rings is 1. The van der Waals surface area contributed by atoms with Crippen molar-refractivity contribution in [2.45, 2.75) is 76.0 Å². The van der Waals surface area contributed by atoms with Gasteiger partial charge >= 0.3 is 5.97 Å². The van der Waals surface area contributed by atoms with Crippen molar-refractivity contribution in [1.29, 1.82) is 0 Å². The van der Waals surface area contributed by atoms with Gasteiger partial charge < -0.3 is 14.5 Å². The molecular weight excluding hydrogens is 556 g/mol. The fraction of sp³-hybridized carbons (Fsp3) is 0.543. The first kappa shape index (κ1) is 29.8. The van der Waals surface area contributed by atoms with Crippen LogP contribution in [0.3, 0.4) is 0 Å². The maximum atomic E-state index is 14.2. The molecule has 0 spiro atoms. The van der Waals surface area contributed by atoms with Crippen molar-refractivity contribution in [2.24, 2.45) is 17.8 Å². The summed E-state index contributed by atoms with van der Waals surface area (Å²) in [6, 6.07) is 12.8. The fourth-order valence-corrected chi connectivity index (χ4v) is 7.98. The third-order valence-corrected chi connectivity index (χ3v) is 11.0. The molecule has 3 saturated carbocycles. The van der Waals surface area contributed by atoms with Crippen LogP contribution in [0.5, 0.6) is 0 Å². The van der Waals surface area contributed by atoms with E-state index in [0.29, 0.717) is 30.6 Å². The Balaban J connectivity index is 1.18. The highest BCUT2D eigenvalue weighted by Crippen LogP contribution is 2.44. The standard InChI is InChI=1S/C35H44N4O3S/c1-38(2)32-18-17-29(20-36-32)24-9-7-23(8-10-24)22-39(34(40)26-13-15-27(16-14-26)35(41)42-3)30-6-4-5-28(19-30)31-21-37-33(43-31)25-11-12-25/h4-6,17-21,23-27H,7-16,22H2,1-3H3/t23-,24-,26-,27-. The lowest BCUT2D eigenvalue weighted by atomic mass is 9.78. The first-order valence-electron chi connectivity index (χ1n) is 16.0. The predicted molar refractivity (Wildman–Crippen MR) is 173 cm³/mol. The monoisotopic (exact) mass is 600 g/mol. The number of aromatic nitrogens is 2. The molecule has 3 fully saturated rings. The molecule has 1 amide bonds. The number of methoxy groups -OCH3 is 1. The second-order valence-electron chi connectivity index (χ2n) is 13.0. The van der Waals surface area contributed by atoms with Crippen LogP contribution in [0.25, 0.3) is 10.4 Å². The van der Waals surface area contributed by atoms with Gasteiger partial charge in [-0.2, -0.15) is 0 Å². The van der Waals surface area contributed by atoms with Gasteiger partial charge in [0.15, 0.2) is 0 Å². The molecule has 7 nitrogen and oxygen atoms in total. The summed E-state index contributed by atoms with van der Waals surface area (Å²) in [5.74, 6) is 2.50. The molecule has 1 aromatic carbocycles. The highest BCUT2D eigenvalue weighted by molar-refractivity contribution is 7.15. The van der Waals surface area contributed by atoms with Crippen molar-refractivity contribution in [1.82, 2.24) is 9.97 Å². The molecule has 2 aromatic heterocycles. The van der Waals surface area contributed by atoms with E-state index in [0.717, 1.165) is 62.1 Å². The summed E-state index contributed by atoms with van der Waals surface area (Å²) in [5, 5.41) is 1.24. The van der Waals surface area contributed by atoms with E-state index in [1.807, 2.05) is 31.4 Å². The number of amides is 1. The summed E-state index contributed by atoms with van der Waals surface area (Å²) in [6.45, 7) is 0.736.